The SMILES string of the molecule is CC(C)(C)[C@H](N)C(=O)NCc1cccc(-n2cncn2)c1. The van der Waals surface area contributed by atoms with Gasteiger partial charge in [-0.3, -0.25) is 4.79 Å². The zero-order valence-corrected chi connectivity index (χ0v) is 12.6. The molecule has 0 unspecified atom stereocenters. The first-order chi connectivity index (χ1) is 9.88. The second-order valence-electron chi connectivity index (χ2n) is 6.07. The van der Waals surface area contributed by atoms with E-state index in [1.165, 1.54) is 6.33 Å². The molecule has 0 saturated heterocycles. The van der Waals surface area contributed by atoms with Gasteiger partial charge in [-0.05, 0) is 23.1 Å². The van der Waals surface area contributed by atoms with E-state index in [1.54, 1.807) is 11.0 Å². The Balaban J connectivity index is 2.01. The molecule has 112 valence electrons. The van der Waals surface area contributed by atoms with Gasteiger partial charge in [-0.25, -0.2) is 9.67 Å². The van der Waals surface area contributed by atoms with Crippen molar-refractivity contribution >= 4 is 5.91 Å². The van der Waals surface area contributed by atoms with Crippen molar-refractivity contribution < 1.29 is 4.79 Å². The fourth-order valence-corrected chi connectivity index (χ4v) is 1.84. The van der Waals surface area contributed by atoms with Crippen molar-refractivity contribution in [1.29, 1.82) is 0 Å². The summed E-state index contributed by atoms with van der Waals surface area (Å²) in [5.41, 5.74) is 7.56. The smallest absolute Gasteiger partial charge is 0.237 e. The van der Waals surface area contributed by atoms with Crippen LogP contribution in [0.5, 0.6) is 0 Å². The Morgan fingerprint density at radius 2 is 2.19 bits per heavy atom. The molecule has 0 aliphatic carbocycles. The average molecular weight is 287 g/mol. The lowest BCUT2D eigenvalue weighted by atomic mass is 9.87. The van der Waals surface area contributed by atoms with Crippen LogP contribution in [-0.4, -0.2) is 26.7 Å². The number of nitrogens with zero attached hydrogens (tertiary/aromatic N) is 3. The standard InChI is InChI=1S/C15H21N5O/c1-15(2,3)13(16)14(21)18-8-11-5-4-6-12(7-11)20-10-17-9-19-20/h4-7,9-10,13H,8,16H2,1-3H3,(H,18,21)/t13-/m1/s1. The van der Waals surface area contributed by atoms with Crippen molar-refractivity contribution in [3.8, 4) is 5.69 Å². The first-order valence-corrected chi connectivity index (χ1v) is 6.85. The fourth-order valence-electron chi connectivity index (χ4n) is 1.84. The molecule has 1 aromatic heterocycles. The summed E-state index contributed by atoms with van der Waals surface area (Å²) >= 11 is 0. The van der Waals surface area contributed by atoms with Gasteiger partial charge in [-0.2, -0.15) is 5.10 Å². The summed E-state index contributed by atoms with van der Waals surface area (Å²) in [5, 5.41) is 6.95. The lowest BCUT2D eigenvalue weighted by molar-refractivity contribution is -0.124. The second-order valence-corrected chi connectivity index (χ2v) is 6.07. The Morgan fingerprint density at radius 1 is 1.43 bits per heavy atom. The van der Waals surface area contributed by atoms with Crippen LogP contribution in [0.3, 0.4) is 0 Å². The van der Waals surface area contributed by atoms with E-state index >= 15 is 0 Å². The zero-order valence-electron chi connectivity index (χ0n) is 12.6. The third kappa shape index (κ3) is 3.88. The maximum absolute atomic E-state index is 12.0. The average Bonchev–Trinajstić information content (AvgIpc) is 2.97. The van der Waals surface area contributed by atoms with Crippen molar-refractivity contribution in [3.63, 3.8) is 0 Å². The molecule has 0 aliphatic rings. The van der Waals surface area contributed by atoms with Gasteiger partial charge in [0.1, 0.15) is 12.7 Å². The van der Waals surface area contributed by atoms with Gasteiger partial charge in [0.2, 0.25) is 5.91 Å². The fraction of sp³-hybridized carbons (Fsp3) is 0.400. The van der Waals surface area contributed by atoms with Gasteiger partial charge in [0.25, 0.3) is 0 Å². The van der Waals surface area contributed by atoms with Gasteiger partial charge in [0, 0.05) is 6.54 Å². The van der Waals surface area contributed by atoms with E-state index in [2.05, 4.69) is 15.4 Å². The predicted octanol–water partition coefficient (Wildman–Crippen LogP) is 1.26. The van der Waals surface area contributed by atoms with Gasteiger partial charge < -0.3 is 11.1 Å². The minimum Gasteiger partial charge on any atom is -0.351 e. The van der Waals surface area contributed by atoms with Gasteiger partial charge >= 0.3 is 0 Å². The van der Waals surface area contributed by atoms with Crippen molar-refractivity contribution in [1.82, 2.24) is 20.1 Å². The van der Waals surface area contributed by atoms with E-state index in [1.807, 2.05) is 45.0 Å². The largest absolute Gasteiger partial charge is 0.351 e. The Hall–Kier alpha value is -2.21. The number of benzene rings is 1. The highest BCUT2D eigenvalue weighted by Crippen LogP contribution is 2.17. The van der Waals surface area contributed by atoms with Crippen molar-refractivity contribution in [2.75, 3.05) is 0 Å². The number of nitrogens with one attached hydrogen (secondary N) is 1. The zero-order chi connectivity index (χ0) is 15.5. The van der Waals surface area contributed by atoms with Gasteiger partial charge in [-0.1, -0.05) is 32.9 Å². The first kappa shape index (κ1) is 15.2. The molecule has 6 nitrogen and oxygen atoms in total. The molecular weight excluding hydrogens is 266 g/mol. The van der Waals surface area contributed by atoms with Crippen LogP contribution in [-0.2, 0) is 11.3 Å². The van der Waals surface area contributed by atoms with E-state index in [0.717, 1.165) is 11.3 Å². The Kier molecular flexibility index (Phi) is 4.37. The van der Waals surface area contributed by atoms with E-state index in [9.17, 15) is 4.79 Å². The van der Waals surface area contributed by atoms with Crippen molar-refractivity contribution in [3.05, 3.63) is 42.5 Å². The normalized spacial score (nSPS) is 13.0. The minimum atomic E-state index is -0.531. The summed E-state index contributed by atoms with van der Waals surface area (Å²) in [4.78, 5) is 15.9. The quantitative estimate of drug-likeness (QED) is 0.886. The number of nitrogens with two attached hydrogens (primary N) is 1. The summed E-state index contributed by atoms with van der Waals surface area (Å²) in [6.07, 6.45) is 3.12. The maximum Gasteiger partial charge on any atom is 0.237 e. The van der Waals surface area contributed by atoms with Crippen molar-refractivity contribution in [2.45, 2.75) is 33.4 Å². The summed E-state index contributed by atoms with van der Waals surface area (Å²) in [6.45, 7) is 6.28. The van der Waals surface area contributed by atoms with Gasteiger partial charge in [-0.15, -0.1) is 0 Å². The van der Waals surface area contributed by atoms with E-state index < -0.39 is 6.04 Å². The molecule has 0 spiro atoms. The topological polar surface area (TPSA) is 85.8 Å². The van der Waals surface area contributed by atoms with Gasteiger partial charge in [0.15, 0.2) is 0 Å². The number of carbonyl (C=O) groups excluding carboxylic acids is 1. The molecule has 1 aromatic carbocycles. The molecule has 6 heteroatoms. The summed E-state index contributed by atoms with van der Waals surface area (Å²) < 4.78 is 1.67. The number of hydrogen-bond acceptors (Lipinski definition) is 4. The molecule has 1 atom stereocenters. The third-order valence-electron chi connectivity index (χ3n) is 3.28. The van der Waals surface area contributed by atoms with E-state index in [-0.39, 0.29) is 11.3 Å². The van der Waals surface area contributed by atoms with E-state index in [4.69, 9.17) is 5.73 Å². The maximum atomic E-state index is 12.0. The number of aromatic nitrogens is 3. The van der Waals surface area contributed by atoms with Crippen LogP contribution >= 0.6 is 0 Å². The predicted molar refractivity (Wildman–Crippen MR) is 80.6 cm³/mol. The van der Waals surface area contributed by atoms with E-state index in [0.29, 0.717) is 6.54 Å². The molecule has 1 amide bonds. The number of hydrogen-bond donors (Lipinski definition) is 2. The Morgan fingerprint density at radius 3 is 2.81 bits per heavy atom. The number of carbonyl (C=O) groups is 1. The monoisotopic (exact) mass is 287 g/mol. The van der Waals surface area contributed by atoms with Crippen LogP contribution in [0.4, 0.5) is 0 Å². The molecule has 2 rings (SSSR count). The third-order valence-corrected chi connectivity index (χ3v) is 3.28. The van der Waals surface area contributed by atoms with Crippen LogP contribution in [0.2, 0.25) is 0 Å². The van der Waals surface area contributed by atoms with Crippen LogP contribution in [0, 0.1) is 5.41 Å². The molecule has 0 aliphatic heterocycles. The highest BCUT2D eigenvalue weighted by atomic mass is 16.2. The van der Waals surface area contributed by atoms with Crippen LogP contribution < -0.4 is 11.1 Å². The number of amides is 1. The lowest BCUT2D eigenvalue weighted by Gasteiger charge is -2.25. The van der Waals surface area contributed by atoms with Crippen molar-refractivity contribution in [2.24, 2.45) is 11.1 Å². The second kappa shape index (κ2) is 6.05. The molecule has 0 radical (unpaired) electrons. The van der Waals surface area contributed by atoms with Gasteiger partial charge in [0.05, 0.1) is 11.7 Å². The molecule has 21 heavy (non-hydrogen) atoms. The molecule has 2 aromatic rings. The number of rotatable bonds is 4. The molecule has 0 fully saturated rings. The molecule has 0 bridgehead atoms. The molecule has 3 N–H and O–H groups in total. The van der Waals surface area contributed by atoms with Crippen LogP contribution in [0.1, 0.15) is 26.3 Å². The summed E-state index contributed by atoms with van der Waals surface area (Å²) in [6, 6.07) is 7.22. The molecule has 1 heterocycles. The lowest BCUT2D eigenvalue weighted by Crippen LogP contribution is -2.48. The Bertz CT molecular complexity index is 601. The first-order valence-electron chi connectivity index (χ1n) is 6.85. The van der Waals surface area contributed by atoms with Crippen LogP contribution in [0.25, 0.3) is 5.69 Å². The minimum absolute atomic E-state index is 0.145. The highest BCUT2D eigenvalue weighted by Gasteiger charge is 2.27. The Labute approximate surface area is 124 Å². The molecular formula is C15H21N5O. The summed E-state index contributed by atoms with van der Waals surface area (Å²) in [7, 11) is 0. The summed E-state index contributed by atoms with van der Waals surface area (Å²) in [5.74, 6) is -0.145. The molecule has 0 saturated carbocycles. The highest BCUT2D eigenvalue weighted by molar-refractivity contribution is 5.82. The van der Waals surface area contributed by atoms with Crippen LogP contribution in [0.15, 0.2) is 36.9 Å².